The summed E-state index contributed by atoms with van der Waals surface area (Å²) < 4.78 is 0. The van der Waals surface area contributed by atoms with Crippen molar-refractivity contribution >= 4 is 41.7 Å². The Labute approximate surface area is 176 Å². The molecule has 0 fully saturated rings. The molecule has 0 bridgehead atoms. The molecule has 1 aliphatic rings. The van der Waals surface area contributed by atoms with E-state index in [4.69, 9.17) is 5.73 Å². The Morgan fingerprint density at radius 2 is 1.79 bits per heavy atom. The Kier molecular flexibility index (Phi) is 8.83. The maximum Gasteiger partial charge on any atom is 0.237 e. The molecule has 2 aromatic rings. The molecule has 0 aliphatic carbocycles. The second-order valence-electron chi connectivity index (χ2n) is 6.46. The first-order valence-corrected chi connectivity index (χ1v) is 10.2. The van der Waals surface area contributed by atoms with Gasteiger partial charge in [-0.1, -0.05) is 42.5 Å². The molecular weight excluding hydrogens is 394 g/mol. The van der Waals surface area contributed by atoms with Gasteiger partial charge < -0.3 is 15.5 Å². The van der Waals surface area contributed by atoms with Gasteiger partial charge >= 0.3 is 0 Å². The summed E-state index contributed by atoms with van der Waals surface area (Å²) in [5.74, 6) is 0.521. The minimum absolute atomic E-state index is 0. The molecule has 2 N–H and O–H groups in total. The highest BCUT2D eigenvalue weighted by atomic mass is 35.5. The third-order valence-corrected chi connectivity index (χ3v) is 5.67. The second kappa shape index (κ2) is 11.1. The highest BCUT2D eigenvalue weighted by molar-refractivity contribution is 8.00. The van der Waals surface area contributed by atoms with E-state index in [-0.39, 0.29) is 24.2 Å². The van der Waals surface area contributed by atoms with E-state index in [1.54, 1.807) is 16.7 Å². The van der Waals surface area contributed by atoms with Crippen LogP contribution in [0.15, 0.2) is 59.5 Å². The number of nitrogens with two attached hydrogens (primary N) is 1. The van der Waals surface area contributed by atoms with E-state index >= 15 is 0 Å². The lowest BCUT2D eigenvalue weighted by molar-refractivity contribution is -0.130. The van der Waals surface area contributed by atoms with E-state index in [0.717, 1.165) is 17.0 Å². The number of nitrogens with zero attached hydrogens (tertiary/aromatic N) is 2. The molecule has 1 aliphatic heterocycles. The fourth-order valence-corrected chi connectivity index (χ4v) is 4.13. The minimum atomic E-state index is 0. The lowest BCUT2D eigenvalue weighted by Crippen LogP contribution is -2.41. The van der Waals surface area contributed by atoms with E-state index in [1.807, 2.05) is 47.4 Å². The maximum atomic E-state index is 12.7. The number of carbonyl (C=O) groups excluding carboxylic acids is 2. The van der Waals surface area contributed by atoms with Gasteiger partial charge in [0.1, 0.15) is 0 Å². The second-order valence-corrected chi connectivity index (χ2v) is 7.47. The molecule has 0 atom stereocenters. The molecular formula is C21H26ClN3O2S. The first-order chi connectivity index (χ1) is 13.2. The van der Waals surface area contributed by atoms with Gasteiger partial charge in [0, 0.05) is 37.5 Å². The van der Waals surface area contributed by atoms with Gasteiger partial charge in [0.15, 0.2) is 0 Å². The number of hydrogen-bond donors (Lipinski definition) is 1. The molecule has 0 unspecified atom stereocenters. The Balaban J connectivity index is 0.00000280. The van der Waals surface area contributed by atoms with E-state index in [0.29, 0.717) is 38.4 Å². The highest BCUT2D eigenvalue weighted by Gasteiger charge is 2.25. The standard InChI is InChI=1S/C21H25N3O2S.ClH/c22-12-15-23(13-10-17-6-2-1-3-7-17)20(25)11-14-24-18-8-4-5-9-19(18)27-16-21(24)26;/h1-9H,10-16,22H2;1H. The maximum absolute atomic E-state index is 12.7. The van der Waals surface area contributed by atoms with Gasteiger partial charge in [-0.05, 0) is 24.1 Å². The van der Waals surface area contributed by atoms with Crippen LogP contribution in [-0.2, 0) is 16.0 Å². The summed E-state index contributed by atoms with van der Waals surface area (Å²) in [7, 11) is 0. The molecule has 28 heavy (non-hydrogen) atoms. The number of para-hydroxylation sites is 1. The van der Waals surface area contributed by atoms with Gasteiger partial charge in [0.05, 0.1) is 11.4 Å². The monoisotopic (exact) mass is 419 g/mol. The fourth-order valence-electron chi connectivity index (χ4n) is 3.19. The van der Waals surface area contributed by atoms with Gasteiger partial charge in [-0.2, -0.15) is 0 Å². The Morgan fingerprint density at radius 1 is 1.07 bits per heavy atom. The van der Waals surface area contributed by atoms with Gasteiger partial charge in [-0.25, -0.2) is 0 Å². The fraction of sp³-hybridized carbons (Fsp3) is 0.333. The van der Waals surface area contributed by atoms with E-state index in [2.05, 4.69) is 12.1 Å². The number of benzene rings is 2. The number of hydrogen-bond acceptors (Lipinski definition) is 4. The molecule has 7 heteroatoms. The summed E-state index contributed by atoms with van der Waals surface area (Å²) in [5.41, 5.74) is 7.80. The van der Waals surface area contributed by atoms with Crippen molar-refractivity contribution in [1.82, 2.24) is 4.90 Å². The quantitative estimate of drug-likeness (QED) is 0.714. The number of anilines is 1. The van der Waals surface area contributed by atoms with Crippen LogP contribution in [0.25, 0.3) is 0 Å². The molecule has 0 saturated carbocycles. The number of thioether (sulfide) groups is 1. The molecule has 150 valence electrons. The number of halogens is 1. The number of amides is 2. The average molecular weight is 420 g/mol. The molecule has 1 heterocycles. The smallest absolute Gasteiger partial charge is 0.237 e. The number of carbonyl (C=O) groups is 2. The van der Waals surface area contributed by atoms with Crippen molar-refractivity contribution < 1.29 is 9.59 Å². The van der Waals surface area contributed by atoms with Gasteiger partial charge in [0.2, 0.25) is 11.8 Å². The largest absolute Gasteiger partial charge is 0.341 e. The zero-order valence-electron chi connectivity index (χ0n) is 15.8. The van der Waals surface area contributed by atoms with Crippen LogP contribution >= 0.6 is 24.2 Å². The van der Waals surface area contributed by atoms with Crippen LogP contribution in [0.4, 0.5) is 5.69 Å². The van der Waals surface area contributed by atoms with E-state index < -0.39 is 0 Å². The Morgan fingerprint density at radius 3 is 2.54 bits per heavy atom. The van der Waals surface area contributed by atoms with Crippen LogP contribution in [0.2, 0.25) is 0 Å². The topological polar surface area (TPSA) is 66.6 Å². The minimum Gasteiger partial charge on any atom is -0.341 e. The van der Waals surface area contributed by atoms with Crippen molar-refractivity contribution in [1.29, 1.82) is 0 Å². The summed E-state index contributed by atoms with van der Waals surface area (Å²) in [4.78, 5) is 29.7. The molecule has 3 rings (SSSR count). The summed E-state index contributed by atoms with van der Waals surface area (Å²) >= 11 is 1.55. The van der Waals surface area contributed by atoms with Crippen LogP contribution in [0.5, 0.6) is 0 Å². The molecule has 2 amide bonds. The first-order valence-electron chi connectivity index (χ1n) is 9.23. The van der Waals surface area contributed by atoms with Crippen LogP contribution in [0, 0.1) is 0 Å². The predicted molar refractivity (Wildman–Crippen MR) is 117 cm³/mol. The molecule has 5 nitrogen and oxygen atoms in total. The number of rotatable bonds is 8. The summed E-state index contributed by atoms with van der Waals surface area (Å²) in [6, 6.07) is 18.0. The van der Waals surface area contributed by atoms with Crippen molar-refractivity contribution in [3.8, 4) is 0 Å². The number of fused-ring (bicyclic) bond motifs is 1. The molecule has 0 spiro atoms. The average Bonchev–Trinajstić information content (AvgIpc) is 2.71. The van der Waals surface area contributed by atoms with Crippen LogP contribution in [-0.4, -0.2) is 48.6 Å². The Hall–Kier alpha value is -2.02. The van der Waals surface area contributed by atoms with Gasteiger partial charge in [-0.3, -0.25) is 9.59 Å². The lowest BCUT2D eigenvalue weighted by atomic mass is 10.1. The van der Waals surface area contributed by atoms with E-state index in [9.17, 15) is 9.59 Å². The summed E-state index contributed by atoms with van der Waals surface area (Å²) in [6.45, 7) is 2.01. The zero-order valence-corrected chi connectivity index (χ0v) is 17.4. The highest BCUT2D eigenvalue weighted by Crippen LogP contribution is 2.34. The van der Waals surface area contributed by atoms with Crippen LogP contribution in [0.3, 0.4) is 0 Å². The van der Waals surface area contributed by atoms with Gasteiger partial charge in [0.25, 0.3) is 0 Å². The first kappa shape index (κ1) is 22.3. The zero-order chi connectivity index (χ0) is 19.1. The molecule has 0 saturated heterocycles. The lowest BCUT2D eigenvalue weighted by Gasteiger charge is -2.30. The molecule has 2 aromatic carbocycles. The molecule has 0 aromatic heterocycles. The van der Waals surface area contributed by atoms with Crippen molar-refractivity contribution in [3.05, 3.63) is 60.2 Å². The Bertz CT molecular complexity index is 788. The predicted octanol–water partition coefficient (Wildman–Crippen LogP) is 2.97. The normalized spacial score (nSPS) is 12.9. The van der Waals surface area contributed by atoms with Crippen LogP contribution in [0.1, 0.15) is 12.0 Å². The van der Waals surface area contributed by atoms with Crippen molar-refractivity contribution in [3.63, 3.8) is 0 Å². The van der Waals surface area contributed by atoms with Crippen molar-refractivity contribution in [2.45, 2.75) is 17.7 Å². The third kappa shape index (κ3) is 5.74. The van der Waals surface area contributed by atoms with Crippen LogP contribution < -0.4 is 10.6 Å². The van der Waals surface area contributed by atoms with Crippen molar-refractivity contribution in [2.75, 3.05) is 36.8 Å². The van der Waals surface area contributed by atoms with Crippen molar-refractivity contribution in [2.24, 2.45) is 5.73 Å². The third-order valence-electron chi connectivity index (χ3n) is 4.62. The SMILES string of the molecule is Cl.NCCN(CCc1ccccc1)C(=O)CCN1C(=O)CSc2ccccc21. The van der Waals surface area contributed by atoms with E-state index in [1.165, 1.54) is 5.56 Å². The van der Waals surface area contributed by atoms with Gasteiger partial charge in [-0.15, -0.1) is 24.2 Å². The summed E-state index contributed by atoms with van der Waals surface area (Å²) in [5, 5.41) is 0. The summed E-state index contributed by atoms with van der Waals surface area (Å²) in [6.07, 6.45) is 1.11. The molecule has 0 radical (unpaired) electrons.